The van der Waals surface area contributed by atoms with Crippen LogP contribution in [0.5, 0.6) is 0 Å². The predicted molar refractivity (Wildman–Crippen MR) is 241 cm³/mol. The maximum atomic E-state index is 10.2. The van der Waals surface area contributed by atoms with Gasteiger partial charge in [0.25, 0.3) is 0 Å². The summed E-state index contributed by atoms with van der Waals surface area (Å²) in [6.45, 7) is 0. The van der Waals surface area contributed by atoms with Crippen LogP contribution in [0.1, 0.15) is 27.8 Å². The summed E-state index contributed by atoms with van der Waals surface area (Å²) >= 11 is 1.81. The number of fused-ring (bicyclic) bond motifs is 12. The minimum absolute atomic E-state index is 0.589. The van der Waals surface area contributed by atoms with Crippen LogP contribution in [0.4, 0.5) is 0 Å². The van der Waals surface area contributed by atoms with E-state index in [1.54, 1.807) is 0 Å². The maximum absolute atomic E-state index is 10.2. The lowest BCUT2D eigenvalue weighted by atomic mass is 9.66. The van der Waals surface area contributed by atoms with Gasteiger partial charge in [-0.25, -0.2) is 0 Å². The largest absolute Gasteiger partial charge is 0.192 e. The second-order valence-electron chi connectivity index (χ2n) is 15.4. The molecule has 0 radical (unpaired) electrons. The van der Waals surface area contributed by atoms with E-state index in [2.05, 4.69) is 200 Å². The highest BCUT2D eigenvalue weighted by Gasteiger charge is 2.50. The van der Waals surface area contributed by atoms with Gasteiger partial charge in [-0.15, -0.1) is 0 Å². The van der Waals surface area contributed by atoms with Crippen LogP contribution in [0.25, 0.3) is 76.8 Å². The predicted octanol–water partition coefficient (Wildman–Crippen LogP) is 14.8. The summed E-state index contributed by atoms with van der Waals surface area (Å²) in [6.07, 6.45) is 0. The standard InChI is InChI=1S/C56H33NS/c57-34-35-26-28-52-50(30-35)56(48-24-12-10-18-41(48)42-19-11-13-25-49(42)56)51-33-38(27-29-53(51)58-52)54-43-20-6-8-22-45(43)55(46-23-9-7-21-44(46)54)47-32-39(36-14-2-1-3-15-36)31-37-16-4-5-17-40(37)47/h1-33H. The van der Waals surface area contributed by atoms with Gasteiger partial charge >= 0.3 is 0 Å². The van der Waals surface area contributed by atoms with E-state index in [-0.39, 0.29) is 0 Å². The van der Waals surface area contributed by atoms with Crippen molar-refractivity contribution < 1.29 is 0 Å². The Morgan fingerprint density at radius 1 is 0.362 bits per heavy atom. The van der Waals surface area contributed by atoms with E-state index in [1.807, 2.05) is 17.8 Å². The van der Waals surface area contributed by atoms with Crippen LogP contribution in [-0.4, -0.2) is 0 Å². The van der Waals surface area contributed by atoms with Gasteiger partial charge in [0.05, 0.1) is 17.0 Å². The van der Waals surface area contributed by atoms with Crippen molar-refractivity contribution in [2.45, 2.75) is 15.2 Å². The molecule has 0 bridgehead atoms. The number of hydrogen-bond donors (Lipinski definition) is 0. The van der Waals surface area contributed by atoms with E-state index < -0.39 is 5.41 Å². The molecule has 10 aromatic rings. The fourth-order valence-electron chi connectivity index (χ4n) is 10.2. The van der Waals surface area contributed by atoms with Gasteiger partial charge in [0.2, 0.25) is 0 Å². The zero-order chi connectivity index (χ0) is 38.4. The average molecular weight is 752 g/mol. The third kappa shape index (κ3) is 4.60. The molecule has 0 amide bonds. The number of hydrogen-bond acceptors (Lipinski definition) is 2. The van der Waals surface area contributed by atoms with E-state index in [1.165, 1.54) is 109 Å². The van der Waals surface area contributed by atoms with Crippen molar-refractivity contribution in [3.05, 3.63) is 228 Å². The summed E-state index contributed by atoms with van der Waals surface area (Å²) in [6, 6.07) is 75.9. The Bertz CT molecular complexity index is 3290. The first-order valence-corrected chi connectivity index (χ1v) is 20.6. The molecular formula is C56H33NS. The summed E-state index contributed by atoms with van der Waals surface area (Å²) in [7, 11) is 0. The van der Waals surface area contributed by atoms with Crippen molar-refractivity contribution in [3.8, 4) is 50.6 Å². The molecule has 0 N–H and O–H groups in total. The van der Waals surface area contributed by atoms with Gasteiger partial charge in [0, 0.05) is 9.79 Å². The first-order valence-electron chi connectivity index (χ1n) is 19.8. The molecule has 1 nitrogen and oxygen atoms in total. The van der Waals surface area contributed by atoms with Crippen LogP contribution in [0.3, 0.4) is 0 Å². The maximum Gasteiger partial charge on any atom is 0.0991 e. The summed E-state index contributed by atoms with van der Waals surface area (Å²) in [5.74, 6) is 0. The summed E-state index contributed by atoms with van der Waals surface area (Å²) in [5, 5.41) is 17.6. The van der Waals surface area contributed by atoms with Crippen LogP contribution >= 0.6 is 11.8 Å². The van der Waals surface area contributed by atoms with Gasteiger partial charge in [-0.3, -0.25) is 0 Å². The smallest absolute Gasteiger partial charge is 0.0991 e. The first-order chi connectivity index (χ1) is 28.7. The molecule has 268 valence electrons. The molecule has 0 unspecified atom stereocenters. The topological polar surface area (TPSA) is 23.8 Å². The second-order valence-corrected chi connectivity index (χ2v) is 16.5. The van der Waals surface area contributed by atoms with E-state index in [9.17, 15) is 5.26 Å². The highest BCUT2D eigenvalue weighted by molar-refractivity contribution is 7.99. The van der Waals surface area contributed by atoms with Crippen LogP contribution in [0.15, 0.2) is 210 Å². The van der Waals surface area contributed by atoms with Crippen LogP contribution in [-0.2, 0) is 5.41 Å². The molecule has 12 rings (SSSR count). The van der Waals surface area contributed by atoms with Gasteiger partial charge in [0.15, 0.2) is 0 Å². The van der Waals surface area contributed by atoms with E-state index in [0.717, 1.165) is 0 Å². The Morgan fingerprint density at radius 3 is 1.55 bits per heavy atom. The lowest BCUT2D eigenvalue weighted by molar-refractivity contribution is 0.722. The monoisotopic (exact) mass is 751 g/mol. The molecule has 0 atom stereocenters. The minimum atomic E-state index is -0.589. The highest BCUT2D eigenvalue weighted by atomic mass is 32.2. The third-order valence-corrected chi connectivity index (χ3v) is 13.7. The molecule has 1 aliphatic carbocycles. The SMILES string of the molecule is N#Cc1ccc2c(c1)C1(c3cc(-c4c5ccccc5c(-c5cc(-c6ccccc6)cc6ccccc56)c5ccccc45)ccc3S2)c2ccccc2-c2ccccc21. The van der Waals surface area contributed by atoms with Crippen LogP contribution in [0.2, 0.25) is 0 Å². The first kappa shape index (κ1) is 33.0. The van der Waals surface area contributed by atoms with Crippen LogP contribution in [0, 0.1) is 11.3 Å². The zero-order valence-corrected chi connectivity index (χ0v) is 32.2. The van der Waals surface area contributed by atoms with E-state index >= 15 is 0 Å². The van der Waals surface area contributed by atoms with Gasteiger partial charge in [-0.2, -0.15) is 5.26 Å². The zero-order valence-electron chi connectivity index (χ0n) is 31.4. The number of benzene rings is 10. The van der Waals surface area contributed by atoms with Crippen molar-refractivity contribution >= 4 is 44.1 Å². The molecule has 2 heteroatoms. The molecule has 1 heterocycles. The van der Waals surface area contributed by atoms with Crippen molar-refractivity contribution in [2.24, 2.45) is 0 Å². The Balaban J connectivity index is 1.17. The van der Waals surface area contributed by atoms with Crippen LogP contribution < -0.4 is 0 Å². The minimum Gasteiger partial charge on any atom is -0.192 e. The third-order valence-electron chi connectivity index (χ3n) is 12.5. The Morgan fingerprint density at radius 2 is 0.897 bits per heavy atom. The fraction of sp³-hybridized carbons (Fsp3) is 0.0179. The second kappa shape index (κ2) is 12.7. The number of nitriles is 1. The van der Waals surface area contributed by atoms with Gasteiger partial charge in [-0.05, 0) is 142 Å². The van der Waals surface area contributed by atoms with E-state index in [0.29, 0.717) is 5.56 Å². The van der Waals surface area contributed by atoms with Crippen molar-refractivity contribution in [3.63, 3.8) is 0 Å². The summed E-state index contributed by atoms with van der Waals surface area (Å²) < 4.78 is 0. The normalized spacial score (nSPS) is 13.2. The molecule has 0 saturated heterocycles. The summed E-state index contributed by atoms with van der Waals surface area (Å²) in [5.41, 5.74) is 14.9. The lowest BCUT2D eigenvalue weighted by Crippen LogP contribution is -2.32. The molecule has 2 aliphatic rings. The molecule has 0 saturated carbocycles. The Hall–Kier alpha value is -7.18. The molecule has 0 fully saturated rings. The Kier molecular flexibility index (Phi) is 7.21. The van der Waals surface area contributed by atoms with Crippen molar-refractivity contribution in [1.29, 1.82) is 5.26 Å². The van der Waals surface area contributed by atoms with Crippen molar-refractivity contribution in [2.75, 3.05) is 0 Å². The quantitative estimate of drug-likeness (QED) is 0.168. The number of nitrogens with zero attached hydrogens (tertiary/aromatic N) is 1. The fourth-order valence-corrected chi connectivity index (χ4v) is 11.3. The van der Waals surface area contributed by atoms with Gasteiger partial charge in [-0.1, -0.05) is 169 Å². The Labute approximate surface area is 341 Å². The van der Waals surface area contributed by atoms with E-state index in [4.69, 9.17) is 0 Å². The lowest BCUT2D eigenvalue weighted by Gasteiger charge is -2.40. The summed E-state index contributed by atoms with van der Waals surface area (Å²) in [4.78, 5) is 2.43. The highest BCUT2D eigenvalue weighted by Crippen LogP contribution is 2.63. The van der Waals surface area contributed by atoms with Gasteiger partial charge < -0.3 is 0 Å². The number of rotatable bonds is 3. The molecule has 0 aromatic heterocycles. The molecule has 1 aliphatic heterocycles. The average Bonchev–Trinajstić information content (AvgIpc) is 3.58. The molecule has 58 heavy (non-hydrogen) atoms. The van der Waals surface area contributed by atoms with Crippen molar-refractivity contribution in [1.82, 2.24) is 0 Å². The molecule has 1 spiro atoms. The molecular weight excluding hydrogens is 719 g/mol. The molecule has 10 aromatic carbocycles. The van der Waals surface area contributed by atoms with Gasteiger partial charge in [0.1, 0.15) is 0 Å².